The van der Waals surface area contributed by atoms with Crippen molar-refractivity contribution in [2.75, 3.05) is 5.32 Å². The number of nitrogens with zero attached hydrogens (tertiary/aromatic N) is 1. The predicted molar refractivity (Wildman–Crippen MR) is 88.9 cm³/mol. The Kier molecular flexibility index (Phi) is 4.80. The average molecular weight is 366 g/mol. The molecule has 25 heavy (non-hydrogen) atoms. The second-order valence-electron chi connectivity index (χ2n) is 6.05. The number of benzene rings is 1. The first-order valence-corrected chi connectivity index (χ1v) is 8.65. The normalized spacial score (nSPS) is 20.0. The molecule has 3 rings (SSSR count). The van der Waals surface area contributed by atoms with E-state index in [-0.39, 0.29) is 17.0 Å². The number of halogens is 2. The molecule has 132 valence electrons. The fourth-order valence-corrected chi connectivity index (χ4v) is 3.01. The number of nitrogens with one attached hydrogen (secondary N) is 1. The van der Waals surface area contributed by atoms with Crippen LogP contribution < -0.4 is 5.32 Å². The predicted octanol–water partition coefficient (Wildman–Crippen LogP) is 3.61. The van der Waals surface area contributed by atoms with Gasteiger partial charge in [-0.25, -0.2) is 13.8 Å². The van der Waals surface area contributed by atoms with Gasteiger partial charge in [0, 0.05) is 10.9 Å². The second kappa shape index (κ2) is 6.87. The molecular weight excluding hydrogens is 350 g/mol. The molecule has 1 aromatic heterocycles. The summed E-state index contributed by atoms with van der Waals surface area (Å²) in [6.07, 6.45) is -0.145. The molecule has 0 spiro atoms. The Labute approximate surface area is 147 Å². The summed E-state index contributed by atoms with van der Waals surface area (Å²) in [5.41, 5.74) is 0.813. The number of carbonyl (C=O) groups is 2. The van der Waals surface area contributed by atoms with Crippen LogP contribution >= 0.6 is 11.3 Å². The first-order valence-electron chi connectivity index (χ1n) is 7.77. The second-order valence-corrected chi connectivity index (χ2v) is 6.91. The molecule has 5 nitrogen and oxygen atoms in total. The minimum Gasteiger partial charge on any atom is -0.452 e. The van der Waals surface area contributed by atoms with E-state index < -0.39 is 23.6 Å². The van der Waals surface area contributed by atoms with E-state index >= 15 is 0 Å². The standard InChI is InChI=1S/C17H16F2N2O3S/c1-8-5-11(8)16(23)24-9(2)15(22)21-17-20-14(7-25-17)10-3-4-12(18)13(19)6-10/h3-4,6-9,11H,5H2,1-2H3,(H,20,21,22)/t8-,9+,11-/m1/s1. The van der Waals surface area contributed by atoms with E-state index in [9.17, 15) is 18.4 Å². The molecule has 0 aliphatic heterocycles. The Bertz CT molecular complexity index is 824. The Hall–Kier alpha value is -2.35. The first kappa shape index (κ1) is 17.5. The zero-order valence-corrected chi connectivity index (χ0v) is 14.4. The van der Waals surface area contributed by atoms with E-state index in [2.05, 4.69) is 10.3 Å². The molecule has 3 atom stereocenters. The molecule has 0 unspecified atom stereocenters. The largest absolute Gasteiger partial charge is 0.452 e. The van der Waals surface area contributed by atoms with Gasteiger partial charge in [0.2, 0.25) is 0 Å². The maximum atomic E-state index is 13.3. The molecule has 1 amide bonds. The van der Waals surface area contributed by atoms with E-state index in [1.807, 2.05) is 6.92 Å². The summed E-state index contributed by atoms with van der Waals surface area (Å²) in [5, 5.41) is 4.46. The maximum absolute atomic E-state index is 13.3. The Balaban J connectivity index is 1.61. The lowest BCUT2D eigenvalue weighted by atomic mass is 10.2. The topological polar surface area (TPSA) is 68.3 Å². The van der Waals surface area contributed by atoms with Crippen molar-refractivity contribution in [1.29, 1.82) is 0 Å². The Morgan fingerprint density at radius 1 is 1.36 bits per heavy atom. The molecule has 1 aliphatic rings. The van der Waals surface area contributed by atoms with Crippen LogP contribution in [-0.4, -0.2) is 23.0 Å². The number of aromatic nitrogens is 1. The van der Waals surface area contributed by atoms with Gasteiger partial charge < -0.3 is 4.74 Å². The molecule has 8 heteroatoms. The van der Waals surface area contributed by atoms with E-state index in [1.165, 1.54) is 13.0 Å². The fraction of sp³-hybridized carbons (Fsp3) is 0.353. The number of rotatable bonds is 5. The third kappa shape index (κ3) is 4.01. The van der Waals surface area contributed by atoms with Crippen molar-refractivity contribution in [1.82, 2.24) is 4.98 Å². The number of hydrogen-bond acceptors (Lipinski definition) is 5. The number of thiazole rings is 1. The van der Waals surface area contributed by atoms with Crippen molar-refractivity contribution in [3.8, 4) is 11.3 Å². The lowest BCUT2D eigenvalue weighted by Gasteiger charge is -2.12. The van der Waals surface area contributed by atoms with Gasteiger partial charge in [0.25, 0.3) is 5.91 Å². The van der Waals surface area contributed by atoms with Gasteiger partial charge in [-0.05, 0) is 37.5 Å². The average Bonchev–Trinajstić information content (AvgIpc) is 3.12. The van der Waals surface area contributed by atoms with Crippen LogP contribution in [0.4, 0.5) is 13.9 Å². The molecule has 1 aromatic carbocycles. The summed E-state index contributed by atoms with van der Waals surface area (Å²) < 4.78 is 31.4. The molecule has 0 radical (unpaired) electrons. The van der Waals surface area contributed by atoms with Crippen molar-refractivity contribution in [2.45, 2.75) is 26.4 Å². The smallest absolute Gasteiger partial charge is 0.309 e. The number of esters is 1. The van der Waals surface area contributed by atoms with Gasteiger partial charge in [-0.2, -0.15) is 0 Å². The monoisotopic (exact) mass is 366 g/mol. The molecule has 1 saturated carbocycles. The lowest BCUT2D eigenvalue weighted by Crippen LogP contribution is -2.30. The summed E-state index contributed by atoms with van der Waals surface area (Å²) in [5.74, 6) is -2.57. The highest BCUT2D eigenvalue weighted by Crippen LogP contribution is 2.38. The summed E-state index contributed by atoms with van der Waals surface area (Å²) in [6, 6.07) is 3.46. The molecule has 1 fully saturated rings. The third-order valence-electron chi connectivity index (χ3n) is 4.02. The van der Waals surface area contributed by atoms with Gasteiger partial charge in [0.05, 0.1) is 11.6 Å². The summed E-state index contributed by atoms with van der Waals surface area (Å²) in [4.78, 5) is 28.0. The Morgan fingerprint density at radius 2 is 2.08 bits per heavy atom. The number of hydrogen-bond donors (Lipinski definition) is 1. The molecule has 1 N–H and O–H groups in total. The number of anilines is 1. The molecule has 0 bridgehead atoms. The van der Waals surface area contributed by atoms with E-state index in [1.54, 1.807) is 5.38 Å². The fourth-order valence-electron chi connectivity index (χ4n) is 2.29. The van der Waals surface area contributed by atoms with E-state index in [0.717, 1.165) is 29.9 Å². The van der Waals surface area contributed by atoms with E-state index in [0.29, 0.717) is 17.2 Å². The number of amides is 1. The van der Waals surface area contributed by atoms with Crippen molar-refractivity contribution < 1.29 is 23.1 Å². The van der Waals surface area contributed by atoms with Crippen LogP contribution in [0.25, 0.3) is 11.3 Å². The molecule has 1 aliphatic carbocycles. The lowest BCUT2D eigenvalue weighted by molar-refractivity contribution is -0.154. The van der Waals surface area contributed by atoms with Crippen LogP contribution in [0.15, 0.2) is 23.6 Å². The summed E-state index contributed by atoms with van der Waals surface area (Å²) >= 11 is 1.14. The minimum absolute atomic E-state index is 0.116. The van der Waals surface area contributed by atoms with Crippen molar-refractivity contribution in [3.63, 3.8) is 0 Å². The van der Waals surface area contributed by atoms with Gasteiger partial charge >= 0.3 is 5.97 Å². The number of ether oxygens (including phenoxy) is 1. The maximum Gasteiger partial charge on any atom is 0.309 e. The zero-order valence-electron chi connectivity index (χ0n) is 13.6. The third-order valence-corrected chi connectivity index (χ3v) is 4.78. The minimum atomic E-state index is -0.967. The van der Waals surface area contributed by atoms with Crippen LogP contribution in [0.5, 0.6) is 0 Å². The first-order chi connectivity index (χ1) is 11.8. The van der Waals surface area contributed by atoms with Crippen molar-refractivity contribution in [3.05, 3.63) is 35.2 Å². The quantitative estimate of drug-likeness (QED) is 0.821. The SMILES string of the molecule is C[C@H](OC(=O)[C@@H]1C[C@H]1C)C(=O)Nc1nc(-c2ccc(F)c(F)c2)cs1. The van der Waals surface area contributed by atoms with Gasteiger partial charge in [-0.1, -0.05) is 6.92 Å². The molecule has 2 aromatic rings. The summed E-state index contributed by atoms with van der Waals surface area (Å²) in [6.45, 7) is 3.44. The Morgan fingerprint density at radius 3 is 2.72 bits per heavy atom. The molecular formula is C17H16F2N2O3S. The van der Waals surface area contributed by atoms with Gasteiger partial charge in [0.1, 0.15) is 0 Å². The van der Waals surface area contributed by atoms with Crippen molar-refractivity contribution >= 4 is 28.3 Å². The van der Waals surface area contributed by atoms with Gasteiger partial charge in [-0.15, -0.1) is 11.3 Å². The van der Waals surface area contributed by atoms with Crippen molar-refractivity contribution in [2.24, 2.45) is 11.8 Å². The van der Waals surface area contributed by atoms with Crippen LogP contribution in [-0.2, 0) is 14.3 Å². The van der Waals surface area contributed by atoms with Gasteiger partial charge in [0.15, 0.2) is 22.9 Å². The van der Waals surface area contributed by atoms with Gasteiger partial charge in [-0.3, -0.25) is 14.9 Å². The van der Waals surface area contributed by atoms with Crippen LogP contribution in [0.2, 0.25) is 0 Å². The molecule has 0 saturated heterocycles. The van der Waals surface area contributed by atoms with Crippen LogP contribution in [0.3, 0.4) is 0 Å². The van der Waals surface area contributed by atoms with Crippen LogP contribution in [0, 0.1) is 23.5 Å². The van der Waals surface area contributed by atoms with Crippen LogP contribution in [0.1, 0.15) is 20.3 Å². The highest BCUT2D eigenvalue weighted by molar-refractivity contribution is 7.14. The summed E-state index contributed by atoms with van der Waals surface area (Å²) in [7, 11) is 0. The number of carbonyl (C=O) groups excluding carboxylic acids is 2. The highest BCUT2D eigenvalue weighted by Gasteiger charge is 2.41. The highest BCUT2D eigenvalue weighted by atomic mass is 32.1. The molecule has 1 heterocycles. The van der Waals surface area contributed by atoms with E-state index in [4.69, 9.17) is 4.74 Å². The zero-order chi connectivity index (χ0) is 18.1.